The third kappa shape index (κ3) is 3.69. The maximum absolute atomic E-state index is 16.4. The van der Waals surface area contributed by atoms with E-state index in [-0.39, 0.29) is 32.9 Å². The van der Waals surface area contributed by atoms with Crippen LogP contribution >= 0.6 is 0 Å². The summed E-state index contributed by atoms with van der Waals surface area (Å²) in [6, 6.07) is 6.93. The molecule has 2 aromatic carbocycles. The molecule has 3 aromatic rings. The lowest BCUT2D eigenvalue weighted by Crippen LogP contribution is -2.63. The van der Waals surface area contributed by atoms with Gasteiger partial charge in [0, 0.05) is 44.7 Å². The summed E-state index contributed by atoms with van der Waals surface area (Å²) in [5.74, 6) is -3.49. The van der Waals surface area contributed by atoms with E-state index in [2.05, 4.69) is 5.32 Å². The SMILES string of the molecule is CC(=O)Oc1ccc(-n2cc(C(=O)O)c(=O)c3cc(F)c([N+]45CCCC4CNCC5)c(F)c32)cc1. The normalized spacial score (nSPS) is 21.6. The highest BCUT2D eigenvalue weighted by Gasteiger charge is 2.49. The summed E-state index contributed by atoms with van der Waals surface area (Å²) in [4.78, 5) is 36.0. The average molecular weight is 484 g/mol. The van der Waals surface area contributed by atoms with Gasteiger partial charge in [-0.1, -0.05) is 0 Å². The van der Waals surface area contributed by atoms with Crippen LogP contribution in [0, 0.1) is 11.6 Å². The van der Waals surface area contributed by atoms with Crippen molar-refractivity contribution >= 4 is 28.5 Å². The molecule has 2 aliphatic rings. The summed E-state index contributed by atoms with van der Waals surface area (Å²) in [5.41, 5.74) is -1.52. The van der Waals surface area contributed by atoms with Gasteiger partial charge in [0.15, 0.2) is 5.82 Å². The lowest BCUT2D eigenvalue weighted by atomic mass is 10.0. The third-order valence-electron chi connectivity index (χ3n) is 7.07. The molecule has 0 amide bonds. The minimum atomic E-state index is -1.50. The maximum atomic E-state index is 16.4. The quantitative estimate of drug-likeness (QED) is 0.336. The molecule has 0 radical (unpaired) electrons. The van der Waals surface area contributed by atoms with E-state index in [0.29, 0.717) is 31.9 Å². The first-order chi connectivity index (χ1) is 16.7. The zero-order valence-corrected chi connectivity index (χ0v) is 19.0. The zero-order chi connectivity index (χ0) is 24.9. The number of aromatic nitrogens is 1. The smallest absolute Gasteiger partial charge is 0.341 e. The third-order valence-corrected chi connectivity index (χ3v) is 7.07. The van der Waals surface area contributed by atoms with Gasteiger partial charge in [0.2, 0.25) is 16.9 Å². The molecule has 0 spiro atoms. The molecule has 2 saturated heterocycles. The summed E-state index contributed by atoms with van der Waals surface area (Å²) in [6.07, 6.45) is 2.70. The van der Waals surface area contributed by atoms with Gasteiger partial charge in [0.25, 0.3) is 0 Å². The van der Waals surface area contributed by atoms with E-state index < -0.39 is 34.6 Å². The highest BCUT2D eigenvalue weighted by Crippen LogP contribution is 2.41. The fraction of sp³-hybridized carbons (Fsp3) is 0.320. The number of hydrogen-bond acceptors (Lipinski definition) is 5. The van der Waals surface area contributed by atoms with Crippen LogP contribution in [0.3, 0.4) is 0 Å². The van der Waals surface area contributed by atoms with Gasteiger partial charge in [-0.2, -0.15) is 4.39 Å². The van der Waals surface area contributed by atoms with Crippen LogP contribution in [0.4, 0.5) is 14.5 Å². The van der Waals surface area contributed by atoms with Crippen molar-refractivity contribution in [3.05, 3.63) is 63.9 Å². The number of benzene rings is 2. The summed E-state index contributed by atoms with van der Waals surface area (Å²) in [7, 11) is 0. The second kappa shape index (κ2) is 8.54. The first-order valence-electron chi connectivity index (χ1n) is 11.4. The van der Waals surface area contributed by atoms with Crippen molar-refractivity contribution in [3.63, 3.8) is 0 Å². The summed E-state index contributed by atoms with van der Waals surface area (Å²) < 4.78 is 38.4. The summed E-state index contributed by atoms with van der Waals surface area (Å²) >= 11 is 0. The molecule has 5 rings (SSSR count). The van der Waals surface area contributed by atoms with Crippen LogP contribution in [0.15, 0.2) is 41.3 Å². The molecule has 0 bridgehead atoms. The van der Waals surface area contributed by atoms with E-state index >= 15 is 8.78 Å². The Kier molecular flexibility index (Phi) is 5.65. The Bertz CT molecular complexity index is 1420. The number of pyridine rings is 1. The minimum Gasteiger partial charge on any atom is -0.477 e. The van der Waals surface area contributed by atoms with Crippen molar-refractivity contribution < 1.29 is 28.2 Å². The van der Waals surface area contributed by atoms with Gasteiger partial charge in [0.05, 0.1) is 24.0 Å². The molecule has 2 aliphatic heterocycles. The van der Waals surface area contributed by atoms with E-state index in [1.807, 2.05) is 0 Å². The molecule has 1 aromatic heterocycles. The fourth-order valence-electron chi connectivity index (χ4n) is 5.57. The number of carbonyl (C=O) groups excluding carboxylic acids is 1. The largest absolute Gasteiger partial charge is 0.477 e. The zero-order valence-electron chi connectivity index (χ0n) is 19.0. The van der Waals surface area contributed by atoms with Gasteiger partial charge >= 0.3 is 11.9 Å². The number of aromatic carboxylic acids is 1. The number of piperazine rings is 1. The number of nitrogens with one attached hydrogen (secondary N) is 1. The van der Waals surface area contributed by atoms with Crippen LogP contribution < -0.4 is 20.0 Å². The van der Waals surface area contributed by atoms with Crippen molar-refractivity contribution in [1.82, 2.24) is 14.4 Å². The number of fused-ring (bicyclic) bond motifs is 2. The van der Waals surface area contributed by atoms with E-state index in [4.69, 9.17) is 4.74 Å². The predicted molar refractivity (Wildman–Crippen MR) is 125 cm³/mol. The van der Waals surface area contributed by atoms with E-state index in [0.717, 1.165) is 25.1 Å². The Labute approximate surface area is 198 Å². The van der Waals surface area contributed by atoms with E-state index in [1.54, 1.807) is 0 Å². The van der Waals surface area contributed by atoms with Gasteiger partial charge in [-0.3, -0.25) is 14.1 Å². The number of hydrogen-bond donors (Lipinski definition) is 2. The van der Waals surface area contributed by atoms with Gasteiger partial charge < -0.3 is 19.7 Å². The Morgan fingerprint density at radius 3 is 2.63 bits per heavy atom. The molecule has 8 nitrogen and oxygen atoms in total. The monoisotopic (exact) mass is 484 g/mol. The van der Waals surface area contributed by atoms with Gasteiger partial charge in [-0.05, 0) is 30.3 Å². The molecule has 2 fully saturated rings. The van der Waals surface area contributed by atoms with Crippen molar-refractivity contribution in [1.29, 1.82) is 0 Å². The summed E-state index contributed by atoms with van der Waals surface area (Å²) in [6.45, 7) is 3.59. The lowest BCUT2D eigenvalue weighted by Gasteiger charge is -2.43. The number of quaternary nitrogens is 1. The molecule has 3 heterocycles. The van der Waals surface area contributed by atoms with Crippen LogP contribution in [0.1, 0.15) is 30.1 Å². The van der Waals surface area contributed by atoms with Gasteiger partial charge in [-0.25, -0.2) is 9.18 Å². The lowest BCUT2D eigenvalue weighted by molar-refractivity contribution is -0.131. The van der Waals surface area contributed by atoms with Gasteiger partial charge in [0.1, 0.15) is 17.4 Å². The molecular weight excluding hydrogens is 460 g/mol. The second-order valence-corrected chi connectivity index (χ2v) is 9.03. The fourth-order valence-corrected chi connectivity index (χ4v) is 5.57. The number of rotatable bonds is 4. The van der Waals surface area contributed by atoms with Crippen LogP contribution in [0.2, 0.25) is 0 Å². The molecule has 10 heteroatoms. The van der Waals surface area contributed by atoms with Crippen molar-refractivity contribution in [2.45, 2.75) is 25.8 Å². The minimum absolute atomic E-state index is 0.00618. The first-order valence-corrected chi connectivity index (χ1v) is 11.4. The molecule has 35 heavy (non-hydrogen) atoms. The Morgan fingerprint density at radius 1 is 1.20 bits per heavy atom. The molecular formula is C25H24F2N3O5+. The van der Waals surface area contributed by atoms with Crippen molar-refractivity contribution in [3.8, 4) is 11.4 Å². The molecule has 2 atom stereocenters. The van der Waals surface area contributed by atoms with Crippen LogP contribution in [-0.4, -0.2) is 53.8 Å². The molecule has 2 unspecified atom stereocenters. The number of carboxylic acid groups (broad SMARTS) is 1. The van der Waals surface area contributed by atoms with Gasteiger partial charge in [-0.15, -0.1) is 0 Å². The topological polar surface area (TPSA) is 97.6 Å². The number of halogens is 2. The van der Waals surface area contributed by atoms with E-state index in [9.17, 15) is 19.5 Å². The number of carbonyl (C=O) groups is 2. The maximum Gasteiger partial charge on any atom is 0.341 e. The Morgan fingerprint density at radius 2 is 1.94 bits per heavy atom. The highest BCUT2D eigenvalue weighted by molar-refractivity contribution is 5.94. The Balaban J connectivity index is 1.80. The first kappa shape index (κ1) is 23.1. The molecule has 2 N–H and O–H groups in total. The number of ether oxygens (including phenoxy) is 1. The summed E-state index contributed by atoms with van der Waals surface area (Å²) in [5, 5.41) is 12.5. The number of nitrogens with zero attached hydrogens (tertiary/aromatic N) is 2. The number of esters is 1. The molecule has 0 saturated carbocycles. The standard InChI is InChI=1S/C25H23F2N3O5/c1-14(31)35-17-6-4-15(5-7-17)29-13-19(25(33)34)24(32)18-11-20(26)23(21(27)22(18)29)30-9-2-3-16(30)12-28-8-10-30/h4-7,11,13,16,28H,2-3,8-10,12H2,1H3/p+1. The van der Waals surface area contributed by atoms with Crippen LogP contribution in [-0.2, 0) is 4.79 Å². The molecule has 0 aliphatic carbocycles. The van der Waals surface area contributed by atoms with Crippen LogP contribution in [0.5, 0.6) is 5.75 Å². The average Bonchev–Trinajstić information content (AvgIpc) is 3.24. The Hall–Kier alpha value is -3.63. The molecule has 182 valence electrons. The predicted octanol–water partition coefficient (Wildman–Crippen LogP) is 2.97. The van der Waals surface area contributed by atoms with E-state index in [1.165, 1.54) is 35.8 Å². The number of carboxylic acids is 1. The highest BCUT2D eigenvalue weighted by atomic mass is 19.1. The second-order valence-electron chi connectivity index (χ2n) is 9.03. The van der Waals surface area contributed by atoms with Crippen molar-refractivity contribution in [2.24, 2.45) is 0 Å². The van der Waals surface area contributed by atoms with Crippen LogP contribution in [0.25, 0.3) is 16.6 Å². The van der Waals surface area contributed by atoms with Crippen molar-refractivity contribution in [2.75, 3.05) is 26.2 Å².